The number of anilines is 2. The summed E-state index contributed by atoms with van der Waals surface area (Å²) in [7, 11) is 1.60. The number of ether oxygens (including phenoxy) is 1. The van der Waals surface area contributed by atoms with Gasteiger partial charge in [-0.1, -0.05) is 0 Å². The Morgan fingerprint density at radius 2 is 1.57 bits per heavy atom. The number of methoxy groups -OCH3 is 1. The largest absolute Gasteiger partial charge is 0.497 e. The zero-order chi connectivity index (χ0) is 16.7. The van der Waals surface area contributed by atoms with Gasteiger partial charge in [-0.15, -0.1) is 0 Å². The van der Waals surface area contributed by atoms with Crippen LogP contribution in [0.1, 0.15) is 17.3 Å². The summed E-state index contributed by atoms with van der Waals surface area (Å²) < 4.78 is 5.09. The Hall–Kier alpha value is -2.60. The lowest BCUT2D eigenvalue weighted by atomic mass is 10.2. The van der Waals surface area contributed by atoms with Crippen molar-refractivity contribution in [2.24, 2.45) is 0 Å². The van der Waals surface area contributed by atoms with Crippen LogP contribution in [0.5, 0.6) is 5.75 Å². The minimum absolute atomic E-state index is 0.170. The van der Waals surface area contributed by atoms with Crippen molar-refractivity contribution in [3.63, 3.8) is 0 Å². The van der Waals surface area contributed by atoms with E-state index in [1.807, 2.05) is 19.1 Å². The van der Waals surface area contributed by atoms with Crippen LogP contribution in [0, 0.1) is 0 Å². The van der Waals surface area contributed by atoms with Crippen LogP contribution in [0.3, 0.4) is 0 Å². The average molecular weight is 329 g/mol. The van der Waals surface area contributed by atoms with Crippen LogP contribution in [-0.2, 0) is 0 Å². The second-order valence-corrected chi connectivity index (χ2v) is 5.15. The highest BCUT2D eigenvalue weighted by Gasteiger charge is 2.06. The van der Waals surface area contributed by atoms with E-state index in [0.29, 0.717) is 16.4 Å². The lowest BCUT2D eigenvalue weighted by Gasteiger charge is -2.10. The number of rotatable bonds is 5. The van der Waals surface area contributed by atoms with Crippen molar-refractivity contribution < 1.29 is 9.53 Å². The Morgan fingerprint density at radius 1 is 1.00 bits per heavy atom. The molecule has 0 saturated heterocycles. The summed E-state index contributed by atoms with van der Waals surface area (Å²) in [4.78, 5) is 12.2. The highest BCUT2D eigenvalue weighted by molar-refractivity contribution is 7.80. The van der Waals surface area contributed by atoms with Gasteiger partial charge in [0, 0.05) is 23.5 Å². The molecule has 0 saturated carbocycles. The van der Waals surface area contributed by atoms with Gasteiger partial charge in [-0.2, -0.15) is 0 Å². The highest BCUT2D eigenvalue weighted by atomic mass is 32.1. The fourth-order valence-electron chi connectivity index (χ4n) is 1.92. The Kier molecular flexibility index (Phi) is 5.94. The van der Waals surface area contributed by atoms with Gasteiger partial charge in [0.25, 0.3) is 5.91 Å². The van der Waals surface area contributed by atoms with Gasteiger partial charge in [0.05, 0.1) is 7.11 Å². The standard InChI is InChI=1S/C17H19N3O2S/c1-3-18-17(23)20-14-6-4-12(5-7-14)16(21)19-13-8-10-15(22-2)11-9-13/h4-11H,3H2,1-2H3,(H,19,21)(H2,18,20,23). The predicted octanol–water partition coefficient (Wildman–Crippen LogP) is 3.25. The number of amides is 1. The van der Waals surface area contributed by atoms with Crippen molar-refractivity contribution in [1.29, 1.82) is 0 Å². The monoisotopic (exact) mass is 329 g/mol. The Labute approximate surface area is 141 Å². The molecule has 120 valence electrons. The predicted molar refractivity (Wildman–Crippen MR) is 97.3 cm³/mol. The van der Waals surface area contributed by atoms with Gasteiger partial charge in [0.15, 0.2) is 5.11 Å². The molecular weight excluding hydrogens is 310 g/mol. The molecule has 0 aromatic heterocycles. The molecule has 6 heteroatoms. The molecular formula is C17H19N3O2S. The molecule has 1 amide bonds. The normalized spacial score (nSPS) is 9.83. The molecule has 0 aliphatic rings. The van der Waals surface area contributed by atoms with Gasteiger partial charge in [0.1, 0.15) is 5.75 Å². The Bertz CT molecular complexity index is 669. The number of carbonyl (C=O) groups is 1. The quantitative estimate of drug-likeness (QED) is 0.735. The Morgan fingerprint density at radius 3 is 2.13 bits per heavy atom. The third kappa shape index (κ3) is 4.96. The van der Waals surface area contributed by atoms with Crippen LogP contribution in [0.2, 0.25) is 0 Å². The number of carbonyl (C=O) groups excluding carboxylic acids is 1. The van der Waals surface area contributed by atoms with Crippen molar-refractivity contribution in [2.75, 3.05) is 24.3 Å². The van der Waals surface area contributed by atoms with Gasteiger partial charge in [-0.25, -0.2) is 0 Å². The molecule has 23 heavy (non-hydrogen) atoms. The van der Waals surface area contributed by atoms with Crippen molar-refractivity contribution >= 4 is 34.6 Å². The van der Waals surface area contributed by atoms with E-state index in [1.165, 1.54) is 0 Å². The molecule has 2 aromatic carbocycles. The fraction of sp³-hybridized carbons (Fsp3) is 0.176. The second kappa shape index (κ2) is 8.14. The van der Waals surface area contributed by atoms with Gasteiger partial charge in [0.2, 0.25) is 0 Å². The smallest absolute Gasteiger partial charge is 0.255 e. The van der Waals surface area contributed by atoms with Crippen LogP contribution in [-0.4, -0.2) is 24.7 Å². The molecule has 2 aromatic rings. The van der Waals surface area contributed by atoms with Gasteiger partial charge < -0.3 is 20.7 Å². The zero-order valence-corrected chi connectivity index (χ0v) is 13.9. The molecule has 0 heterocycles. The van der Waals surface area contributed by atoms with E-state index in [1.54, 1.807) is 43.5 Å². The van der Waals surface area contributed by atoms with E-state index in [-0.39, 0.29) is 5.91 Å². The molecule has 0 unspecified atom stereocenters. The van der Waals surface area contributed by atoms with E-state index in [0.717, 1.165) is 18.0 Å². The minimum Gasteiger partial charge on any atom is -0.497 e. The maximum Gasteiger partial charge on any atom is 0.255 e. The zero-order valence-electron chi connectivity index (χ0n) is 13.1. The molecule has 3 N–H and O–H groups in total. The molecule has 2 rings (SSSR count). The summed E-state index contributed by atoms with van der Waals surface area (Å²) in [6, 6.07) is 14.3. The first-order valence-corrected chi connectivity index (χ1v) is 7.63. The van der Waals surface area contributed by atoms with Crippen molar-refractivity contribution in [3.05, 3.63) is 54.1 Å². The topological polar surface area (TPSA) is 62.4 Å². The van der Waals surface area contributed by atoms with Gasteiger partial charge >= 0.3 is 0 Å². The van der Waals surface area contributed by atoms with E-state index < -0.39 is 0 Å². The average Bonchev–Trinajstić information content (AvgIpc) is 2.56. The third-order valence-electron chi connectivity index (χ3n) is 3.09. The first kappa shape index (κ1) is 16.8. The van der Waals surface area contributed by atoms with E-state index in [4.69, 9.17) is 17.0 Å². The van der Waals surface area contributed by atoms with Crippen molar-refractivity contribution in [2.45, 2.75) is 6.92 Å². The molecule has 0 spiro atoms. The summed E-state index contributed by atoms with van der Waals surface area (Å²) in [5.74, 6) is 0.575. The molecule has 0 bridgehead atoms. The SMILES string of the molecule is CCNC(=S)Nc1ccc(C(=O)Nc2ccc(OC)cc2)cc1. The lowest BCUT2D eigenvalue weighted by Crippen LogP contribution is -2.27. The molecule has 0 atom stereocenters. The summed E-state index contributed by atoms with van der Waals surface area (Å²) in [6.07, 6.45) is 0. The first-order valence-electron chi connectivity index (χ1n) is 7.22. The van der Waals surface area contributed by atoms with E-state index >= 15 is 0 Å². The third-order valence-corrected chi connectivity index (χ3v) is 3.34. The highest BCUT2D eigenvalue weighted by Crippen LogP contribution is 2.16. The fourth-order valence-corrected chi connectivity index (χ4v) is 2.18. The van der Waals surface area contributed by atoms with E-state index in [9.17, 15) is 4.79 Å². The summed E-state index contributed by atoms with van der Waals surface area (Å²) in [5.41, 5.74) is 2.11. The molecule has 0 fully saturated rings. The summed E-state index contributed by atoms with van der Waals surface area (Å²) >= 11 is 5.12. The minimum atomic E-state index is -0.170. The maximum absolute atomic E-state index is 12.2. The lowest BCUT2D eigenvalue weighted by molar-refractivity contribution is 0.102. The van der Waals surface area contributed by atoms with E-state index in [2.05, 4.69) is 16.0 Å². The number of hydrogen-bond acceptors (Lipinski definition) is 3. The van der Waals surface area contributed by atoms with Crippen LogP contribution in [0.25, 0.3) is 0 Å². The van der Waals surface area contributed by atoms with Crippen molar-refractivity contribution in [1.82, 2.24) is 5.32 Å². The number of hydrogen-bond donors (Lipinski definition) is 3. The summed E-state index contributed by atoms with van der Waals surface area (Å²) in [6.45, 7) is 2.73. The van der Waals surface area contributed by atoms with Crippen LogP contribution in [0.4, 0.5) is 11.4 Å². The summed E-state index contributed by atoms with van der Waals surface area (Å²) in [5, 5.41) is 9.45. The Balaban J connectivity index is 1.97. The van der Waals surface area contributed by atoms with Gasteiger partial charge in [-0.3, -0.25) is 4.79 Å². The van der Waals surface area contributed by atoms with Crippen molar-refractivity contribution in [3.8, 4) is 5.75 Å². The van der Waals surface area contributed by atoms with Crippen LogP contribution >= 0.6 is 12.2 Å². The van der Waals surface area contributed by atoms with Crippen LogP contribution in [0.15, 0.2) is 48.5 Å². The molecule has 0 aliphatic heterocycles. The van der Waals surface area contributed by atoms with Crippen LogP contribution < -0.4 is 20.7 Å². The molecule has 0 aliphatic carbocycles. The number of thiocarbonyl (C=S) groups is 1. The number of benzene rings is 2. The maximum atomic E-state index is 12.2. The number of nitrogens with one attached hydrogen (secondary N) is 3. The van der Waals surface area contributed by atoms with Gasteiger partial charge in [-0.05, 0) is 67.7 Å². The molecule has 5 nitrogen and oxygen atoms in total. The second-order valence-electron chi connectivity index (χ2n) is 4.74. The first-order chi connectivity index (χ1) is 11.1. The molecule has 0 radical (unpaired) electrons.